The fraction of sp³-hybridized carbons (Fsp3) is 0.667. The fourth-order valence-corrected chi connectivity index (χ4v) is 3.43. The zero-order chi connectivity index (χ0) is 13.8. The minimum atomic E-state index is 0.223. The molecular formula is C18H29N. The molecule has 2 rings (SSSR count). The predicted octanol–water partition coefficient (Wildman–Crippen LogP) is 4.97. The Hall–Kier alpha value is -0.820. The van der Waals surface area contributed by atoms with Crippen molar-refractivity contribution in [2.45, 2.75) is 71.8 Å². The van der Waals surface area contributed by atoms with E-state index < -0.39 is 0 Å². The maximum atomic E-state index is 6.43. The van der Waals surface area contributed by atoms with Gasteiger partial charge in [-0.25, -0.2) is 0 Å². The van der Waals surface area contributed by atoms with Crippen LogP contribution >= 0.6 is 0 Å². The minimum Gasteiger partial charge on any atom is -0.324 e. The second-order valence-corrected chi connectivity index (χ2v) is 6.48. The number of rotatable bonds is 4. The molecule has 0 saturated heterocycles. The lowest BCUT2D eigenvalue weighted by Gasteiger charge is -2.24. The summed E-state index contributed by atoms with van der Waals surface area (Å²) >= 11 is 0. The summed E-state index contributed by atoms with van der Waals surface area (Å²) in [5.74, 6) is 0.937. The summed E-state index contributed by atoms with van der Waals surface area (Å²) in [6.07, 6.45) is 9.63. The van der Waals surface area contributed by atoms with Crippen LogP contribution in [0.4, 0.5) is 0 Å². The van der Waals surface area contributed by atoms with E-state index in [1.807, 2.05) is 0 Å². The molecule has 106 valence electrons. The Kier molecular flexibility index (Phi) is 5.04. The highest BCUT2D eigenvalue weighted by Gasteiger charge is 2.16. The van der Waals surface area contributed by atoms with Crippen LogP contribution in [0.5, 0.6) is 0 Å². The van der Waals surface area contributed by atoms with Gasteiger partial charge in [-0.2, -0.15) is 0 Å². The molecule has 1 unspecified atom stereocenters. The average molecular weight is 259 g/mol. The van der Waals surface area contributed by atoms with Crippen LogP contribution in [0.1, 0.15) is 73.2 Å². The first kappa shape index (κ1) is 14.6. The largest absolute Gasteiger partial charge is 0.324 e. The minimum absolute atomic E-state index is 0.223. The fourth-order valence-electron chi connectivity index (χ4n) is 3.43. The molecule has 1 heteroatoms. The van der Waals surface area contributed by atoms with Crippen molar-refractivity contribution < 1.29 is 0 Å². The second kappa shape index (κ2) is 6.56. The SMILES string of the molecule is Cc1cc(C)c(C(N)CCC2CCCCC2)cc1C. The number of aryl methyl sites for hydroxylation is 3. The van der Waals surface area contributed by atoms with E-state index in [1.165, 1.54) is 60.8 Å². The Morgan fingerprint density at radius 1 is 1.00 bits per heavy atom. The number of benzene rings is 1. The maximum Gasteiger partial charge on any atom is 0.0297 e. The summed E-state index contributed by atoms with van der Waals surface area (Å²) < 4.78 is 0. The van der Waals surface area contributed by atoms with E-state index in [9.17, 15) is 0 Å². The summed E-state index contributed by atoms with van der Waals surface area (Å²) in [5.41, 5.74) is 11.9. The predicted molar refractivity (Wildman–Crippen MR) is 83.4 cm³/mol. The lowest BCUT2D eigenvalue weighted by molar-refractivity contribution is 0.324. The van der Waals surface area contributed by atoms with Crippen molar-refractivity contribution in [3.63, 3.8) is 0 Å². The van der Waals surface area contributed by atoms with Crippen molar-refractivity contribution in [2.24, 2.45) is 11.7 Å². The van der Waals surface area contributed by atoms with Crippen molar-refractivity contribution in [3.8, 4) is 0 Å². The van der Waals surface area contributed by atoms with Gasteiger partial charge in [0.25, 0.3) is 0 Å². The van der Waals surface area contributed by atoms with Gasteiger partial charge in [0.15, 0.2) is 0 Å². The first-order chi connectivity index (χ1) is 9.08. The molecule has 0 aromatic heterocycles. The maximum absolute atomic E-state index is 6.43. The quantitative estimate of drug-likeness (QED) is 0.811. The molecular weight excluding hydrogens is 230 g/mol. The Balaban J connectivity index is 1.95. The third-order valence-corrected chi connectivity index (χ3v) is 4.89. The lowest BCUT2D eigenvalue weighted by Crippen LogP contribution is -2.15. The molecule has 1 aromatic rings. The van der Waals surface area contributed by atoms with E-state index in [4.69, 9.17) is 5.73 Å². The standard InChI is InChI=1S/C18H29N/c1-13-11-15(3)17(12-14(13)2)18(19)10-9-16-7-5-4-6-8-16/h11-12,16,18H,4-10,19H2,1-3H3. The number of hydrogen-bond donors (Lipinski definition) is 1. The third kappa shape index (κ3) is 3.82. The first-order valence-electron chi connectivity index (χ1n) is 7.91. The van der Waals surface area contributed by atoms with Crippen LogP contribution < -0.4 is 5.73 Å². The zero-order valence-electron chi connectivity index (χ0n) is 12.8. The normalized spacial score (nSPS) is 18.5. The van der Waals surface area contributed by atoms with Gasteiger partial charge in [0.2, 0.25) is 0 Å². The molecule has 1 nitrogen and oxygen atoms in total. The van der Waals surface area contributed by atoms with Crippen LogP contribution in [0.2, 0.25) is 0 Å². The Morgan fingerprint density at radius 3 is 2.32 bits per heavy atom. The van der Waals surface area contributed by atoms with Crippen LogP contribution in [0, 0.1) is 26.7 Å². The van der Waals surface area contributed by atoms with E-state index >= 15 is 0 Å². The topological polar surface area (TPSA) is 26.0 Å². The van der Waals surface area contributed by atoms with Crippen LogP contribution in [0.15, 0.2) is 12.1 Å². The highest BCUT2D eigenvalue weighted by atomic mass is 14.6. The molecule has 1 saturated carbocycles. The molecule has 1 aliphatic rings. The molecule has 1 atom stereocenters. The van der Waals surface area contributed by atoms with E-state index in [1.54, 1.807) is 0 Å². The lowest BCUT2D eigenvalue weighted by atomic mass is 9.84. The molecule has 0 aliphatic heterocycles. The molecule has 0 radical (unpaired) electrons. The number of nitrogens with two attached hydrogens (primary N) is 1. The van der Waals surface area contributed by atoms with E-state index in [0.717, 1.165) is 12.3 Å². The van der Waals surface area contributed by atoms with Crippen LogP contribution in [0.25, 0.3) is 0 Å². The van der Waals surface area contributed by atoms with Crippen molar-refractivity contribution in [1.29, 1.82) is 0 Å². The Bertz CT molecular complexity index is 416. The molecule has 19 heavy (non-hydrogen) atoms. The summed E-state index contributed by atoms with van der Waals surface area (Å²) in [4.78, 5) is 0. The average Bonchev–Trinajstić information content (AvgIpc) is 2.41. The van der Waals surface area contributed by atoms with Crippen LogP contribution in [-0.4, -0.2) is 0 Å². The van der Waals surface area contributed by atoms with Gasteiger partial charge in [-0.05, 0) is 61.8 Å². The molecule has 0 heterocycles. The molecule has 1 aromatic carbocycles. The molecule has 0 spiro atoms. The Morgan fingerprint density at radius 2 is 1.63 bits per heavy atom. The van der Waals surface area contributed by atoms with Gasteiger partial charge in [0, 0.05) is 6.04 Å². The van der Waals surface area contributed by atoms with Gasteiger partial charge in [0.1, 0.15) is 0 Å². The Labute approximate surface area is 118 Å². The third-order valence-electron chi connectivity index (χ3n) is 4.89. The summed E-state index contributed by atoms with van der Waals surface area (Å²) in [6.45, 7) is 6.56. The van der Waals surface area contributed by atoms with E-state index in [0.29, 0.717) is 0 Å². The molecule has 0 amide bonds. The highest BCUT2D eigenvalue weighted by molar-refractivity contribution is 5.38. The summed E-state index contributed by atoms with van der Waals surface area (Å²) in [6, 6.07) is 4.81. The van der Waals surface area contributed by atoms with Gasteiger partial charge in [0.05, 0.1) is 0 Å². The van der Waals surface area contributed by atoms with Gasteiger partial charge in [-0.1, -0.05) is 44.2 Å². The first-order valence-corrected chi connectivity index (χ1v) is 7.91. The van der Waals surface area contributed by atoms with E-state index in [2.05, 4.69) is 32.9 Å². The summed E-state index contributed by atoms with van der Waals surface area (Å²) in [5, 5.41) is 0. The molecule has 2 N–H and O–H groups in total. The van der Waals surface area contributed by atoms with Crippen molar-refractivity contribution in [1.82, 2.24) is 0 Å². The monoisotopic (exact) mass is 259 g/mol. The van der Waals surface area contributed by atoms with Crippen molar-refractivity contribution >= 4 is 0 Å². The molecule has 1 aliphatic carbocycles. The van der Waals surface area contributed by atoms with Crippen molar-refractivity contribution in [2.75, 3.05) is 0 Å². The van der Waals surface area contributed by atoms with Gasteiger partial charge in [-0.15, -0.1) is 0 Å². The smallest absolute Gasteiger partial charge is 0.0297 e. The molecule has 0 bridgehead atoms. The van der Waals surface area contributed by atoms with Gasteiger partial charge in [-0.3, -0.25) is 0 Å². The van der Waals surface area contributed by atoms with E-state index in [-0.39, 0.29) is 6.04 Å². The van der Waals surface area contributed by atoms with Gasteiger partial charge >= 0.3 is 0 Å². The summed E-state index contributed by atoms with van der Waals surface area (Å²) in [7, 11) is 0. The van der Waals surface area contributed by atoms with Gasteiger partial charge < -0.3 is 5.73 Å². The van der Waals surface area contributed by atoms with Crippen molar-refractivity contribution in [3.05, 3.63) is 34.4 Å². The van der Waals surface area contributed by atoms with Crippen LogP contribution in [0.3, 0.4) is 0 Å². The molecule has 1 fully saturated rings. The highest BCUT2D eigenvalue weighted by Crippen LogP contribution is 2.30. The van der Waals surface area contributed by atoms with Crippen LogP contribution in [-0.2, 0) is 0 Å². The zero-order valence-corrected chi connectivity index (χ0v) is 12.8. The number of hydrogen-bond acceptors (Lipinski definition) is 1. The second-order valence-electron chi connectivity index (χ2n) is 6.48.